The summed E-state index contributed by atoms with van der Waals surface area (Å²) in [5.41, 5.74) is 5.49. The molecule has 1 unspecified atom stereocenters. The molecule has 0 saturated carbocycles. The third kappa shape index (κ3) is 4.92. The van der Waals surface area contributed by atoms with E-state index >= 15 is 0 Å². The minimum Gasteiger partial charge on any atom is -0.493 e. The molecule has 1 rings (SSSR count). The Kier molecular flexibility index (Phi) is 6.50. The highest BCUT2D eigenvalue weighted by Gasteiger charge is 2.07. The first-order chi connectivity index (χ1) is 8.69. The number of halogens is 1. The minimum absolute atomic E-state index is 0.0329. The van der Waals surface area contributed by atoms with Crippen LogP contribution in [0.25, 0.3) is 0 Å². The fraction of sp³-hybridized carbons (Fsp3) is 0.571. The second-order valence-corrected chi connectivity index (χ2v) is 4.38. The Morgan fingerprint density at radius 3 is 2.67 bits per heavy atom. The Morgan fingerprint density at radius 2 is 2.06 bits per heavy atom. The first-order valence-electron chi connectivity index (χ1n) is 6.35. The van der Waals surface area contributed by atoms with Crippen molar-refractivity contribution >= 4 is 0 Å². The van der Waals surface area contributed by atoms with Crippen molar-refractivity contribution in [2.75, 3.05) is 19.8 Å². The van der Waals surface area contributed by atoms with E-state index in [9.17, 15) is 4.39 Å². The van der Waals surface area contributed by atoms with Gasteiger partial charge in [0.25, 0.3) is 0 Å². The van der Waals surface area contributed by atoms with Crippen LogP contribution in [-0.4, -0.2) is 25.9 Å². The lowest BCUT2D eigenvalue weighted by Gasteiger charge is -2.15. The van der Waals surface area contributed by atoms with Gasteiger partial charge in [0, 0.05) is 18.5 Å². The van der Waals surface area contributed by atoms with Gasteiger partial charge in [-0.1, -0.05) is 13.0 Å². The maximum absolute atomic E-state index is 12.5. The standard InChI is InChI=1S/C14H22FNO2/c1-3-12(8-15)10-17-13-5-4-6-14(7-13)18-11(2)9-16/h4-7,11-12H,3,8-10,16H2,1-2H3/t11-,12?/m1/s1. The van der Waals surface area contributed by atoms with Crippen molar-refractivity contribution in [1.29, 1.82) is 0 Å². The predicted molar refractivity (Wildman–Crippen MR) is 70.8 cm³/mol. The molecule has 2 N–H and O–H groups in total. The van der Waals surface area contributed by atoms with Crippen molar-refractivity contribution in [2.45, 2.75) is 26.4 Å². The summed E-state index contributed by atoms with van der Waals surface area (Å²) in [5.74, 6) is 1.37. The fourth-order valence-electron chi connectivity index (χ4n) is 1.40. The van der Waals surface area contributed by atoms with Gasteiger partial charge in [-0.2, -0.15) is 0 Å². The molecule has 0 aromatic heterocycles. The summed E-state index contributed by atoms with van der Waals surface area (Å²) in [4.78, 5) is 0. The van der Waals surface area contributed by atoms with Crippen LogP contribution in [0.15, 0.2) is 24.3 Å². The molecule has 0 amide bonds. The first-order valence-corrected chi connectivity index (χ1v) is 6.35. The van der Waals surface area contributed by atoms with Crippen molar-refractivity contribution in [3.8, 4) is 11.5 Å². The zero-order valence-corrected chi connectivity index (χ0v) is 11.1. The fourth-order valence-corrected chi connectivity index (χ4v) is 1.40. The molecule has 2 atom stereocenters. The third-order valence-corrected chi connectivity index (χ3v) is 2.76. The summed E-state index contributed by atoms with van der Waals surface area (Å²) < 4.78 is 23.7. The van der Waals surface area contributed by atoms with E-state index in [1.165, 1.54) is 0 Å². The second-order valence-electron chi connectivity index (χ2n) is 4.38. The van der Waals surface area contributed by atoms with E-state index in [1.807, 2.05) is 32.0 Å². The molecule has 0 fully saturated rings. The monoisotopic (exact) mass is 255 g/mol. The largest absolute Gasteiger partial charge is 0.493 e. The van der Waals surface area contributed by atoms with Gasteiger partial charge in [-0.3, -0.25) is 4.39 Å². The maximum Gasteiger partial charge on any atom is 0.123 e. The van der Waals surface area contributed by atoms with E-state index in [4.69, 9.17) is 15.2 Å². The van der Waals surface area contributed by atoms with Gasteiger partial charge < -0.3 is 15.2 Å². The predicted octanol–water partition coefficient (Wildman–Crippen LogP) is 2.79. The highest BCUT2D eigenvalue weighted by Crippen LogP contribution is 2.21. The smallest absolute Gasteiger partial charge is 0.123 e. The Morgan fingerprint density at radius 1 is 1.33 bits per heavy atom. The van der Waals surface area contributed by atoms with Crippen LogP contribution in [-0.2, 0) is 0 Å². The Balaban J connectivity index is 2.53. The van der Waals surface area contributed by atoms with Crippen molar-refractivity contribution in [2.24, 2.45) is 11.7 Å². The van der Waals surface area contributed by atoms with Gasteiger partial charge in [0.15, 0.2) is 0 Å². The molecule has 3 nitrogen and oxygen atoms in total. The third-order valence-electron chi connectivity index (χ3n) is 2.76. The van der Waals surface area contributed by atoms with Gasteiger partial charge in [-0.05, 0) is 25.5 Å². The summed E-state index contributed by atoms with van der Waals surface area (Å²) in [6.45, 7) is 4.37. The number of alkyl halides is 1. The Labute approximate surface area is 108 Å². The maximum atomic E-state index is 12.5. The van der Waals surface area contributed by atoms with Crippen LogP contribution in [0.3, 0.4) is 0 Å². The minimum atomic E-state index is -0.350. The average molecular weight is 255 g/mol. The van der Waals surface area contributed by atoms with Crippen molar-refractivity contribution in [1.82, 2.24) is 0 Å². The molecule has 1 aromatic carbocycles. The first kappa shape index (κ1) is 14.8. The summed E-state index contributed by atoms with van der Waals surface area (Å²) >= 11 is 0. The molecule has 102 valence electrons. The second kappa shape index (κ2) is 7.93. The number of hydrogen-bond donors (Lipinski definition) is 1. The van der Waals surface area contributed by atoms with Crippen LogP contribution >= 0.6 is 0 Å². The molecule has 0 radical (unpaired) electrons. The number of rotatable bonds is 8. The molecule has 0 bridgehead atoms. The molecule has 0 heterocycles. The molecular formula is C14H22FNO2. The molecule has 18 heavy (non-hydrogen) atoms. The van der Waals surface area contributed by atoms with E-state index in [2.05, 4.69) is 0 Å². The normalized spacial score (nSPS) is 14.0. The van der Waals surface area contributed by atoms with Gasteiger partial charge in [-0.25, -0.2) is 0 Å². The topological polar surface area (TPSA) is 44.5 Å². The van der Waals surface area contributed by atoms with E-state index in [1.54, 1.807) is 6.07 Å². The molecule has 0 aliphatic heterocycles. The number of nitrogens with two attached hydrogens (primary N) is 1. The van der Waals surface area contributed by atoms with Gasteiger partial charge in [0.05, 0.1) is 13.3 Å². The van der Waals surface area contributed by atoms with Crippen LogP contribution in [0.1, 0.15) is 20.3 Å². The SMILES string of the molecule is CCC(CF)COc1cccc(O[C@H](C)CN)c1. The average Bonchev–Trinajstić information content (AvgIpc) is 2.40. The Bertz CT molecular complexity index is 342. The lowest BCUT2D eigenvalue weighted by atomic mass is 10.1. The quantitative estimate of drug-likeness (QED) is 0.777. The van der Waals surface area contributed by atoms with E-state index in [0.717, 1.165) is 12.2 Å². The molecule has 0 aliphatic rings. The summed E-state index contributed by atoms with van der Waals surface area (Å²) in [6.07, 6.45) is 0.742. The van der Waals surface area contributed by atoms with Gasteiger partial charge in [0.2, 0.25) is 0 Å². The van der Waals surface area contributed by atoms with Gasteiger partial charge in [-0.15, -0.1) is 0 Å². The zero-order valence-electron chi connectivity index (χ0n) is 11.1. The Hall–Kier alpha value is -1.29. The van der Waals surface area contributed by atoms with Gasteiger partial charge in [0.1, 0.15) is 17.6 Å². The van der Waals surface area contributed by atoms with Crippen LogP contribution in [0.2, 0.25) is 0 Å². The van der Waals surface area contributed by atoms with Crippen molar-refractivity contribution < 1.29 is 13.9 Å². The highest BCUT2D eigenvalue weighted by atomic mass is 19.1. The lowest BCUT2D eigenvalue weighted by molar-refractivity contribution is 0.207. The van der Waals surface area contributed by atoms with Crippen LogP contribution in [0.4, 0.5) is 4.39 Å². The highest BCUT2D eigenvalue weighted by molar-refractivity contribution is 5.33. The van der Waals surface area contributed by atoms with Crippen LogP contribution in [0.5, 0.6) is 11.5 Å². The molecular weight excluding hydrogens is 233 g/mol. The molecule has 0 spiro atoms. The molecule has 4 heteroatoms. The van der Waals surface area contributed by atoms with E-state index < -0.39 is 0 Å². The van der Waals surface area contributed by atoms with Crippen molar-refractivity contribution in [3.63, 3.8) is 0 Å². The van der Waals surface area contributed by atoms with Crippen molar-refractivity contribution in [3.05, 3.63) is 24.3 Å². The summed E-state index contributed by atoms with van der Waals surface area (Å²) in [6, 6.07) is 7.35. The van der Waals surface area contributed by atoms with Gasteiger partial charge >= 0.3 is 0 Å². The summed E-state index contributed by atoms with van der Waals surface area (Å²) in [7, 11) is 0. The molecule has 1 aromatic rings. The molecule has 0 saturated heterocycles. The summed E-state index contributed by atoms with van der Waals surface area (Å²) in [5, 5.41) is 0. The number of hydrogen-bond acceptors (Lipinski definition) is 3. The lowest BCUT2D eigenvalue weighted by Crippen LogP contribution is -2.22. The van der Waals surface area contributed by atoms with E-state index in [0.29, 0.717) is 18.9 Å². The van der Waals surface area contributed by atoms with E-state index in [-0.39, 0.29) is 18.7 Å². The molecule has 0 aliphatic carbocycles. The number of ether oxygens (including phenoxy) is 2. The zero-order chi connectivity index (χ0) is 13.4. The van der Waals surface area contributed by atoms with Crippen LogP contribution < -0.4 is 15.2 Å². The number of benzene rings is 1. The van der Waals surface area contributed by atoms with Crippen LogP contribution in [0, 0.1) is 5.92 Å².